The first-order chi connectivity index (χ1) is 11.3. The number of aromatic nitrogens is 2. The van der Waals surface area contributed by atoms with Gasteiger partial charge in [0.25, 0.3) is 0 Å². The molecule has 0 saturated carbocycles. The van der Waals surface area contributed by atoms with Gasteiger partial charge in [0.05, 0.1) is 5.52 Å². The molecule has 0 aliphatic heterocycles. The average Bonchev–Trinajstić information content (AvgIpc) is 2.93. The van der Waals surface area contributed by atoms with E-state index >= 15 is 0 Å². The van der Waals surface area contributed by atoms with Crippen LogP contribution in [0.3, 0.4) is 0 Å². The SMILES string of the molecule is Cn1nc(-c2ccccc2)c2ccc(Oc3ccccc3)cc21. The highest BCUT2D eigenvalue weighted by molar-refractivity contribution is 5.94. The van der Waals surface area contributed by atoms with Crippen LogP contribution in [0.15, 0.2) is 78.9 Å². The second-order valence-electron chi connectivity index (χ2n) is 5.43. The van der Waals surface area contributed by atoms with E-state index in [9.17, 15) is 0 Å². The van der Waals surface area contributed by atoms with Gasteiger partial charge in [-0.2, -0.15) is 5.10 Å². The van der Waals surface area contributed by atoms with Crippen molar-refractivity contribution in [2.45, 2.75) is 0 Å². The highest BCUT2D eigenvalue weighted by atomic mass is 16.5. The Bertz CT molecular complexity index is 943. The molecule has 0 fully saturated rings. The predicted octanol–water partition coefficient (Wildman–Crippen LogP) is 5.03. The van der Waals surface area contributed by atoms with E-state index < -0.39 is 0 Å². The van der Waals surface area contributed by atoms with E-state index in [1.807, 2.05) is 72.4 Å². The fourth-order valence-electron chi connectivity index (χ4n) is 2.73. The van der Waals surface area contributed by atoms with Crippen molar-refractivity contribution in [3.05, 3.63) is 78.9 Å². The third-order valence-electron chi connectivity index (χ3n) is 3.85. The number of benzene rings is 3. The van der Waals surface area contributed by atoms with Crippen molar-refractivity contribution in [1.82, 2.24) is 9.78 Å². The summed E-state index contributed by atoms with van der Waals surface area (Å²) in [5.74, 6) is 1.64. The predicted molar refractivity (Wildman–Crippen MR) is 92.7 cm³/mol. The van der Waals surface area contributed by atoms with Crippen molar-refractivity contribution in [3.8, 4) is 22.8 Å². The van der Waals surface area contributed by atoms with Crippen LogP contribution in [0.2, 0.25) is 0 Å². The molecular formula is C20H16N2O. The van der Waals surface area contributed by atoms with Crippen LogP contribution in [0.5, 0.6) is 11.5 Å². The number of para-hydroxylation sites is 1. The van der Waals surface area contributed by atoms with Gasteiger partial charge in [-0.05, 0) is 24.3 Å². The summed E-state index contributed by atoms with van der Waals surface area (Å²) in [5.41, 5.74) is 3.17. The van der Waals surface area contributed by atoms with Crippen molar-refractivity contribution < 1.29 is 4.74 Å². The van der Waals surface area contributed by atoms with Crippen LogP contribution < -0.4 is 4.74 Å². The molecule has 3 nitrogen and oxygen atoms in total. The van der Waals surface area contributed by atoms with E-state index in [-0.39, 0.29) is 0 Å². The van der Waals surface area contributed by atoms with Gasteiger partial charge in [0.1, 0.15) is 17.2 Å². The monoisotopic (exact) mass is 300 g/mol. The first-order valence-electron chi connectivity index (χ1n) is 7.56. The molecule has 0 radical (unpaired) electrons. The van der Waals surface area contributed by atoms with E-state index in [0.29, 0.717) is 0 Å². The van der Waals surface area contributed by atoms with Gasteiger partial charge in [0.15, 0.2) is 0 Å². The fraction of sp³-hybridized carbons (Fsp3) is 0.0500. The molecule has 23 heavy (non-hydrogen) atoms. The summed E-state index contributed by atoms with van der Waals surface area (Å²) in [6.07, 6.45) is 0. The number of nitrogens with zero attached hydrogens (tertiary/aromatic N) is 2. The Morgan fingerprint density at radius 2 is 1.48 bits per heavy atom. The average molecular weight is 300 g/mol. The third kappa shape index (κ3) is 2.57. The van der Waals surface area contributed by atoms with Gasteiger partial charge in [-0.15, -0.1) is 0 Å². The maximum absolute atomic E-state index is 5.92. The van der Waals surface area contributed by atoms with Crippen molar-refractivity contribution in [1.29, 1.82) is 0 Å². The Morgan fingerprint density at radius 1 is 0.783 bits per heavy atom. The minimum Gasteiger partial charge on any atom is -0.457 e. The lowest BCUT2D eigenvalue weighted by atomic mass is 10.1. The molecule has 0 atom stereocenters. The van der Waals surface area contributed by atoms with Gasteiger partial charge in [0, 0.05) is 24.1 Å². The minimum absolute atomic E-state index is 0.811. The van der Waals surface area contributed by atoms with E-state index in [2.05, 4.69) is 23.3 Å². The fourth-order valence-corrected chi connectivity index (χ4v) is 2.73. The van der Waals surface area contributed by atoms with E-state index in [0.717, 1.165) is 33.7 Å². The van der Waals surface area contributed by atoms with Crippen LogP contribution in [0.4, 0.5) is 0 Å². The Labute approximate surface area is 134 Å². The molecule has 1 aromatic heterocycles. The molecular weight excluding hydrogens is 284 g/mol. The summed E-state index contributed by atoms with van der Waals surface area (Å²) in [5, 5.41) is 5.79. The van der Waals surface area contributed by atoms with Crippen LogP contribution >= 0.6 is 0 Å². The molecule has 0 bridgehead atoms. The van der Waals surface area contributed by atoms with Crippen molar-refractivity contribution in [2.75, 3.05) is 0 Å². The van der Waals surface area contributed by atoms with Gasteiger partial charge >= 0.3 is 0 Å². The lowest BCUT2D eigenvalue weighted by molar-refractivity contribution is 0.483. The van der Waals surface area contributed by atoms with Crippen molar-refractivity contribution in [3.63, 3.8) is 0 Å². The van der Waals surface area contributed by atoms with Crippen LogP contribution in [0.25, 0.3) is 22.2 Å². The standard InChI is InChI=1S/C20H16N2O/c1-22-19-14-17(23-16-10-6-3-7-11-16)12-13-18(19)20(21-22)15-8-4-2-5-9-15/h2-14H,1H3. The molecule has 0 saturated heterocycles. The molecule has 0 spiro atoms. The number of hydrogen-bond donors (Lipinski definition) is 0. The topological polar surface area (TPSA) is 27.1 Å². The Balaban J connectivity index is 1.77. The minimum atomic E-state index is 0.811. The third-order valence-corrected chi connectivity index (χ3v) is 3.85. The highest BCUT2D eigenvalue weighted by Crippen LogP contribution is 2.31. The molecule has 0 amide bonds. The number of rotatable bonds is 3. The largest absolute Gasteiger partial charge is 0.457 e. The molecule has 4 aromatic rings. The molecule has 0 unspecified atom stereocenters. The summed E-state index contributed by atoms with van der Waals surface area (Å²) >= 11 is 0. The Kier molecular flexibility index (Phi) is 3.31. The lowest BCUT2D eigenvalue weighted by Gasteiger charge is -2.06. The van der Waals surface area contributed by atoms with Gasteiger partial charge in [-0.1, -0.05) is 48.5 Å². The van der Waals surface area contributed by atoms with Crippen molar-refractivity contribution >= 4 is 10.9 Å². The summed E-state index contributed by atoms with van der Waals surface area (Å²) in [7, 11) is 1.96. The molecule has 3 aromatic carbocycles. The van der Waals surface area contributed by atoms with Crippen LogP contribution in [0, 0.1) is 0 Å². The first kappa shape index (κ1) is 13.6. The zero-order valence-corrected chi connectivity index (χ0v) is 12.8. The number of aryl methyl sites for hydroxylation is 1. The second-order valence-corrected chi connectivity index (χ2v) is 5.43. The van der Waals surface area contributed by atoms with E-state index in [1.54, 1.807) is 0 Å². The molecule has 0 aliphatic rings. The quantitative estimate of drug-likeness (QED) is 0.530. The van der Waals surface area contributed by atoms with Gasteiger partial charge < -0.3 is 4.74 Å². The Hall–Kier alpha value is -3.07. The zero-order valence-electron chi connectivity index (χ0n) is 12.8. The molecule has 1 heterocycles. The number of hydrogen-bond acceptors (Lipinski definition) is 2. The van der Waals surface area contributed by atoms with Crippen LogP contribution in [0.1, 0.15) is 0 Å². The summed E-state index contributed by atoms with van der Waals surface area (Å²) < 4.78 is 7.81. The molecule has 0 aliphatic carbocycles. The maximum Gasteiger partial charge on any atom is 0.129 e. The van der Waals surface area contributed by atoms with Gasteiger partial charge in [-0.3, -0.25) is 4.68 Å². The molecule has 0 N–H and O–H groups in total. The summed E-state index contributed by atoms with van der Waals surface area (Å²) in [6.45, 7) is 0. The first-order valence-corrected chi connectivity index (χ1v) is 7.56. The lowest BCUT2D eigenvalue weighted by Crippen LogP contribution is -1.90. The number of fused-ring (bicyclic) bond motifs is 1. The maximum atomic E-state index is 5.92. The normalized spacial score (nSPS) is 10.8. The smallest absolute Gasteiger partial charge is 0.129 e. The van der Waals surface area contributed by atoms with Gasteiger partial charge in [-0.25, -0.2) is 0 Å². The second kappa shape index (κ2) is 5.61. The van der Waals surface area contributed by atoms with Crippen molar-refractivity contribution in [2.24, 2.45) is 7.05 Å². The van der Waals surface area contributed by atoms with Crippen LogP contribution in [-0.2, 0) is 7.05 Å². The zero-order chi connectivity index (χ0) is 15.6. The van der Waals surface area contributed by atoms with E-state index in [1.165, 1.54) is 0 Å². The van der Waals surface area contributed by atoms with Crippen LogP contribution in [-0.4, -0.2) is 9.78 Å². The van der Waals surface area contributed by atoms with Gasteiger partial charge in [0.2, 0.25) is 0 Å². The molecule has 112 valence electrons. The summed E-state index contributed by atoms with van der Waals surface area (Å²) in [6, 6.07) is 26.1. The highest BCUT2D eigenvalue weighted by Gasteiger charge is 2.11. The Morgan fingerprint density at radius 3 is 2.22 bits per heavy atom. The number of ether oxygens (including phenoxy) is 1. The van der Waals surface area contributed by atoms with E-state index in [4.69, 9.17) is 4.74 Å². The molecule has 3 heteroatoms. The summed E-state index contributed by atoms with van der Waals surface area (Å²) in [4.78, 5) is 0. The molecule has 4 rings (SSSR count).